The number of morpholine rings is 1. The summed E-state index contributed by atoms with van der Waals surface area (Å²) in [7, 11) is 0. The van der Waals surface area contributed by atoms with Gasteiger partial charge in [-0.1, -0.05) is 12.1 Å². The smallest absolute Gasteiger partial charge is 0.252 e. The summed E-state index contributed by atoms with van der Waals surface area (Å²) in [5.41, 5.74) is 0. The van der Waals surface area contributed by atoms with Crippen LogP contribution >= 0.6 is 0 Å². The van der Waals surface area contributed by atoms with Gasteiger partial charge >= 0.3 is 0 Å². The molecule has 0 aliphatic carbocycles. The van der Waals surface area contributed by atoms with E-state index >= 15 is 0 Å². The van der Waals surface area contributed by atoms with Crippen LogP contribution in [0.3, 0.4) is 0 Å². The molecule has 1 atom stereocenters. The number of ether oxygens (including phenoxy) is 2. The fraction of sp³-hybridized carbons (Fsp3) is 0.818. The number of nitrogens with one attached hydrogen (secondary N) is 1. The van der Waals surface area contributed by atoms with E-state index in [1.807, 2.05) is 0 Å². The van der Waals surface area contributed by atoms with Gasteiger partial charge in [0.25, 0.3) is 5.89 Å². The maximum absolute atomic E-state index is 5.51. The van der Waals surface area contributed by atoms with Gasteiger partial charge < -0.3 is 19.3 Å². The predicted octanol–water partition coefficient (Wildman–Crippen LogP) is 0.527. The standard InChI is InChI=1S/C11H19N3O3/c1-2-3-10-13-11(17-14-10)8-15-7-9-6-12-4-5-16-9/h9,12H,2-8H2,1H3. The average Bonchev–Trinajstić information content (AvgIpc) is 2.79. The van der Waals surface area contributed by atoms with Crippen molar-refractivity contribution >= 4 is 0 Å². The van der Waals surface area contributed by atoms with Crippen molar-refractivity contribution in [3.05, 3.63) is 11.7 Å². The van der Waals surface area contributed by atoms with E-state index < -0.39 is 0 Å². The topological polar surface area (TPSA) is 69.4 Å². The third kappa shape index (κ3) is 4.07. The Labute approximate surface area is 101 Å². The van der Waals surface area contributed by atoms with Gasteiger partial charge in [0.1, 0.15) is 6.61 Å². The van der Waals surface area contributed by atoms with Crippen LogP contribution in [0.15, 0.2) is 4.52 Å². The van der Waals surface area contributed by atoms with Crippen molar-refractivity contribution in [3.8, 4) is 0 Å². The molecule has 6 nitrogen and oxygen atoms in total. The molecule has 0 aromatic carbocycles. The van der Waals surface area contributed by atoms with E-state index in [1.165, 1.54) is 0 Å². The Hall–Kier alpha value is -0.980. The maximum Gasteiger partial charge on any atom is 0.252 e. The monoisotopic (exact) mass is 241 g/mol. The summed E-state index contributed by atoms with van der Waals surface area (Å²) >= 11 is 0. The molecule has 96 valence electrons. The lowest BCUT2D eigenvalue weighted by atomic mass is 10.3. The number of aryl methyl sites for hydroxylation is 1. The highest BCUT2D eigenvalue weighted by Crippen LogP contribution is 2.03. The van der Waals surface area contributed by atoms with Crippen molar-refractivity contribution in [2.75, 3.05) is 26.3 Å². The lowest BCUT2D eigenvalue weighted by Crippen LogP contribution is -2.40. The molecule has 1 aliphatic rings. The Morgan fingerprint density at radius 2 is 2.47 bits per heavy atom. The second-order valence-electron chi connectivity index (χ2n) is 4.07. The van der Waals surface area contributed by atoms with Gasteiger partial charge in [-0.05, 0) is 6.42 Å². The van der Waals surface area contributed by atoms with E-state index in [2.05, 4.69) is 22.4 Å². The van der Waals surface area contributed by atoms with Gasteiger partial charge in [0.15, 0.2) is 5.82 Å². The van der Waals surface area contributed by atoms with Gasteiger partial charge in [0.2, 0.25) is 0 Å². The lowest BCUT2D eigenvalue weighted by Gasteiger charge is -2.22. The van der Waals surface area contributed by atoms with Crippen LogP contribution in [-0.4, -0.2) is 42.5 Å². The van der Waals surface area contributed by atoms with E-state index in [4.69, 9.17) is 14.0 Å². The highest BCUT2D eigenvalue weighted by atomic mass is 16.5. The van der Waals surface area contributed by atoms with Crippen LogP contribution in [0.25, 0.3) is 0 Å². The molecule has 17 heavy (non-hydrogen) atoms. The van der Waals surface area contributed by atoms with Crippen molar-refractivity contribution in [2.45, 2.75) is 32.5 Å². The van der Waals surface area contributed by atoms with Gasteiger partial charge in [-0.15, -0.1) is 0 Å². The van der Waals surface area contributed by atoms with Gasteiger partial charge in [-0.2, -0.15) is 4.98 Å². The van der Waals surface area contributed by atoms with E-state index in [9.17, 15) is 0 Å². The predicted molar refractivity (Wildman–Crippen MR) is 60.6 cm³/mol. The molecule has 2 rings (SSSR count). The summed E-state index contributed by atoms with van der Waals surface area (Å²) in [5.74, 6) is 1.29. The van der Waals surface area contributed by atoms with Crippen molar-refractivity contribution < 1.29 is 14.0 Å². The zero-order valence-electron chi connectivity index (χ0n) is 10.1. The second-order valence-corrected chi connectivity index (χ2v) is 4.07. The molecule has 2 heterocycles. The van der Waals surface area contributed by atoms with Crippen LogP contribution in [0.2, 0.25) is 0 Å². The Morgan fingerprint density at radius 1 is 1.53 bits per heavy atom. The fourth-order valence-corrected chi connectivity index (χ4v) is 1.68. The van der Waals surface area contributed by atoms with Gasteiger partial charge in [-0.25, -0.2) is 0 Å². The Kier molecular flexibility index (Phi) is 4.90. The molecule has 0 spiro atoms. The van der Waals surface area contributed by atoms with Crippen LogP contribution in [0.1, 0.15) is 25.1 Å². The van der Waals surface area contributed by atoms with Gasteiger partial charge in [-0.3, -0.25) is 0 Å². The number of rotatable bonds is 6. The summed E-state index contributed by atoms with van der Waals surface area (Å²) in [6.07, 6.45) is 1.99. The van der Waals surface area contributed by atoms with Crippen molar-refractivity contribution in [2.24, 2.45) is 0 Å². The van der Waals surface area contributed by atoms with Crippen LogP contribution in [0.4, 0.5) is 0 Å². The maximum atomic E-state index is 5.51. The number of aromatic nitrogens is 2. The zero-order valence-corrected chi connectivity index (χ0v) is 10.1. The molecule has 1 aromatic rings. The Bertz CT molecular complexity index is 324. The molecule has 1 unspecified atom stereocenters. The molecule has 0 bridgehead atoms. The lowest BCUT2D eigenvalue weighted by molar-refractivity contribution is -0.0398. The molecule has 0 amide bonds. The highest BCUT2D eigenvalue weighted by Gasteiger charge is 2.14. The van der Waals surface area contributed by atoms with E-state index in [1.54, 1.807) is 0 Å². The van der Waals surface area contributed by atoms with Crippen molar-refractivity contribution in [3.63, 3.8) is 0 Å². The third-order valence-corrected chi connectivity index (χ3v) is 2.52. The molecule has 1 N–H and O–H groups in total. The SMILES string of the molecule is CCCc1noc(COCC2CNCCO2)n1. The fourth-order valence-electron chi connectivity index (χ4n) is 1.68. The molecule has 1 saturated heterocycles. The van der Waals surface area contributed by atoms with E-state index in [0.29, 0.717) is 19.1 Å². The Morgan fingerprint density at radius 3 is 3.24 bits per heavy atom. The molecular weight excluding hydrogens is 222 g/mol. The summed E-state index contributed by atoms with van der Waals surface area (Å²) < 4.78 is 16.1. The quantitative estimate of drug-likeness (QED) is 0.783. The zero-order chi connectivity index (χ0) is 11.9. The minimum atomic E-state index is 0.127. The summed E-state index contributed by atoms with van der Waals surface area (Å²) in [5, 5.41) is 7.11. The van der Waals surface area contributed by atoms with Crippen molar-refractivity contribution in [1.82, 2.24) is 15.5 Å². The minimum absolute atomic E-state index is 0.127. The molecule has 1 aromatic heterocycles. The molecule has 0 radical (unpaired) electrons. The average molecular weight is 241 g/mol. The van der Waals surface area contributed by atoms with Crippen LogP contribution in [0, 0.1) is 0 Å². The third-order valence-electron chi connectivity index (χ3n) is 2.52. The first-order chi connectivity index (χ1) is 8.38. The van der Waals surface area contributed by atoms with Crippen LogP contribution in [-0.2, 0) is 22.5 Å². The number of hydrogen-bond acceptors (Lipinski definition) is 6. The molecule has 1 aliphatic heterocycles. The van der Waals surface area contributed by atoms with Crippen LogP contribution in [0.5, 0.6) is 0 Å². The van der Waals surface area contributed by atoms with Crippen molar-refractivity contribution in [1.29, 1.82) is 0 Å². The van der Waals surface area contributed by atoms with Gasteiger partial charge in [0, 0.05) is 19.5 Å². The molecule has 0 saturated carbocycles. The molecule has 1 fully saturated rings. The number of nitrogens with zero attached hydrogens (tertiary/aromatic N) is 2. The van der Waals surface area contributed by atoms with Crippen LogP contribution < -0.4 is 5.32 Å². The van der Waals surface area contributed by atoms with E-state index in [-0.39, 0.29) is 6.10 Å². The Balaban J connectivity index is 1.66. The first kappa shape index (κ1) is 12.5. The first-order valence-corrected chi connectivity index (χ1v) is 6.10. The number of hydrogen-bond donors (Lipinski definition) is 1. The van der Waals surface area contributed by atoms with E-state index in [0.717, 1.165) is 38.4 Å². The largest absolute Gasteiger partial charge is 0.373 e. The van der Waals surface area contributed by atoms with Gasteiger partial charge in [0.05, 0.1) is 19.3 Å². The summed E-state index contributed by atoms with van der Waals surface area (Å²) in [4.78, 5) is 4.22. The normalized spacial score (nSPS) is 20.6. The second kappa shape index (κ2) is 6.68. The molecule has 6 heteroatoms. The first-order valence-electron chi connectivity index (χ1n) is 6.10. The molecular formula is C11H19N3O3. The minimum Gasteiger partial charge on any atom is -0.373 e. The summed E-state index contributed by atoms with van der Waals surface area (Å²) in [6, 6.07) is 0. The summed E-state index contributed by atoms with van der Waals surface area (Å²) in [6.45, 7) is 5.50. The highest BCUT2D eigenvalue weighted by molar-refractivity contribution is 4.84.